The SMILES string of the molecule is Cc1nnc(SCC(=O)O)n1Cc1ccco1. The molecule has 0 spiro atoms. The second-order valence-corrected chi connectivity index (χ2v) is 4.32. The Hall–Kier alpha value is -1.76. The minimum atomic E-state index is -0.875. The third-order valence-corrected chi connectivity index (χ3v) is 3.07. The van der Waals surface area contributed by atoms with Crippen LogP contribution in [0.3, 0.4) is 0 Å². The van der Waals surface area contributed by atoms with Gasteiger partial charge in [0.25, 0.3) is 0 Å². The molecule has 90 valence electrons. The first-order chi connectivity index (χ1) is 8.16. The molecule has 0 amide bonds. The van der Waals surface area contributed by atoms with Crippen LogP contribution >= 0.6 is 11.8 Å². The monoisotopic (exact) mass is 253 g/mol. The number of carboxylic acids is 1. The fraction of sp³-hybridized carbons (Fsp3) is 0.300. The third-order valence-electron chi connectivity index (χ3n) is 2.12. The standard InChI is InChI=1S/C10H11N3O3S/c1-7-11-12-10(17-6-9(14)15)13(7)5-8-3-2-4-16-8/h2-4H,5-6H2,1H3,(H,14,15). The minimum Gasteiger partial charge on any atom is -0.481 e. The number of nitrogens with zero attached hydrogens (tertiary/aromatic N) is 3. The van der Waals surface area contributed by atoms with E-state index in [-0.39, 0.29) is 5.75 Å². The number of furan rings is 1. The molecular weight excluding hydrogens is 242 g/mol. The normalized spacial score (nSPS) is 10.6. The molecule has 0 atom stereocenters. The third kappa shape index (κ3) is 2.88. The zero-order valence-corrected chi connectivity index (χ0v) is 9.98. The van der Waals surface area contributed by atoms with Gasteiger partial charge in [-0.2, -0.15) is 0 Å². The highest BCUT2D eigenvalue weighted by molar-refractivity contribution is 7.99. The van der Waals surface area contributed by atoms with Gasteiger partial charge in [0.2, 0.25) is 0 Å². The van der Waals surface area contributed by atoms with Crippen molar-refractivity contribution >= 4 is 17.7 Å². The molecule has 2 aromatic heterocycles. The molecule has 2 rings (SSSR count). The number of thioether (sulfide) groups is 1. The van der Waals surface area contributed by atoms with E-state index in [1.807, 2.05) is 17.6 Å². The van der Waals surface area contributed by atoms with Crippen molar-refractivity contribution in [2.75, 3.05) is 5.75 Å². The summed E-state index contributed by atoms with van der Waals surface area (Å²) in [4.78, 5) is 10.5. The number of carbonyl (C=O) groups is 1. The van der Waals surface area contributed by atoms with Crippen LogP contribution in [0.5, 0.6) is 0 Å². The van der Waals surface area contributed by atoms with Crippen LogP contribution in [0.1, 0.15) is 11.6 Å². The summed E-state index contributed by atoms with van der Waals surface area (Å²) in [6.07, 6.45) is 1.60. The van der Waals surface area contributed by atoms with E-state index < -0.39 is 5.97 Å². The Balaban J connectivity index is 2.14. The topological polar surface area (TPSA) is 81.1 Å². The maximum absolute atomic E-state index is 10.5. The van der Waals surface area contributed by atoms with Crippen LogP contribution in [0.4, 0.5) is 0 Å². The summed E-state index contributed by atoms with van der Waals surface area (Å²) in [5.41, 5.74) is 0. The molecule has 6 nitrogen and oxygen atoms in total. The van der Waals surface area contributed by atoms with Gasteiger partial charge in [0.1, 0.15) is 11.6 Å². The van der Waals surface area contributed by atoms with Crippen molar-refractivity contribution in [3.05, 3.63) is 30.0 Å². The Morgan fingerprint density at radius 3 is 3.06 bits per heavy atom. The molecule has 0 bridgehead atoms. The van der Waals surface area contributed by atoms with Gasteiger partial charge in [0.15, 0.2) is 5.16 Å². The number of aliphatic carboxylic acids is 1. The lowest BCUT2D eigenvalue weighted by Gasteiger charge is -2.04. The Labute approximate surface area is 102 Å². The number of rotatable bonds is 5. The highest BCUT2D eigenvalue weighted by Gasteiger charge is 2.12. The average molecular weight is 253 g/mol. The number of hydrogen-bond donors (Lipinski definition) is 1. The van der Waals surface area contributed by atoms with Gasteiger partial charge in [-0.15, -0.1) is 10.2 Å². The van der Waals surface area contributed by atoms with Crippen molar-refractivity contribution in [3.8, 4) is 0 Å². The van der Waals surface area contributed by atoms with Gasteiger partial charge < -0.3 is 9.52 Å². The molecule has 0 saturated heterocycles. The first-order valence-corrected chi connectivity index (χ1v) is 5.92. The number of aryl methyl sites for hydroxylation is 1. The Morgan fingerprint density at radius 1 is 1.59 bits per heavy atom. The summed E-state index contributed by atoms with van der Waals surface area (Å²) in [6.45, 7) is 2.33. The molecule has 7 heteroatoms. The molecule has 0 radical (unpaired) electrons. The van der Waals surface area contributed by atoms with Crippen molar-refractivity contribution in [2.45, 2.75) is 18.6 Å². The van der Waals surface area contributed by atoms with Crippen LogP contribution in [0, 0.1) is 6.92 Å². The van der Waals surface area contributed by atoms with Crippen LogP contribution in [0.2, 0.25) is 0 Å². The Morgan fingerprint density at radius 2 is 2.41 bits per heavy atom. The van der Waals surface area contributed by atoms with Crippen LogP contribution in [0.25, 0.3) is 0 Å². The molecular formula is C10H11N3O3S. The van der Waals surface area contributed by atoms with Crippen LogP contribution in [-0.4, -0.2) is 31.6 Å². The number of carboxylic acid groups (broad SMARTS) is 1. The van der Waals surface area contributed by atoms with Gasteiger partial charge >= 0.3 is 5.97 Å². The number of aromatic nitrogens is 3. The minimum absolute atomic E-state index is 0.0315. The maximum atomic E-state index is 10.5. The molecule has 0 aliphatic carbocycles. The van der Waals surface area contributed by atoms with Gasteiger partial charge in [0, 0.05) is 0 Å². The van der Waals surface area contributed by atoms with E-state index in [9.17, 15) is 4.79 Å². The summed E-state index contributed by atoms with van der Waals surface area (Å²) < 4.78 is 7.07. The highest BCUT2D eigenvalue weighted by atomic mass is 32.2. The van der Waals surface area contributed by atoms with E-state index in [0.29, 0.717) is 11.7 Å². The van der Waals surface area contributed by atoms with Crippen LogP contribution < -0.4 is 0 Å². The highest BCUT2D eigenvalue weighted by Crippen LogP contribution is 2.18. The second-order valence-electron chi connectivity index (χ2n) is 3.38. The first kappa shape index (κ1) is 11.7. The summed E-state index contributed by atoms with van der Waals surface area (Å²) in [5.74, 6) is 0.607. The van der Waals surface area contributed by atoms with E-state index >= 15 is 0 Å². The lowest BCUT2D eigenvalue weighted by atomic mass is 10.4. The smallest absolute Gasteiger partial charge is 0.313 e. The molecule has 0 unspecified atom stereocenters. The van der Waals surface area contributed by atoms with Gasteiger partial charge in [-0.1, -0.05) is 11.8 Å². The van der Waals surface area contributed by atoms with Crippen molar-refractivity contribution in [1.82, 2.24) is 14.8 Å². The van der Waals surface area contributed by atoms with E-state index in [0.717, 1.165) is 23.3 Å². The van der Waals surface area contributed by atoms with Crippen molar-refractivity contribution in [1.29, 1.82) is 0 Å². The van der Waals surface area contributed by atoms with E-state index in [2.05, 4.69) is 10.2 Å². The zero-order valence-electron chi connectivity index (χ0n) is 9.16. The summed E-state index contributed by atoms with van der Waals surface area (Å²) in [5, 5.41) is 17.1. The zero-order chi connectivity index (χ0) is 12.3. The first-order valence-electron chi connectivity index (χ1n) is 4.93. The van der Waals surface area contributed by atoms with Crippen LogP contribution in [0.15, 0.2) is 28.0 Å². The fourth-order valence-corrected chi connectivity index (χ4v) is 2.04. The molecule has 0 aromatic carbocycles. The quantitative estimate of drug-likeness (QED) is 0.811. The van der Waals surface area contributed by atoms with Crippen molar-refractivity contribution in [3.63, 3.8) is 0 Å². The Bertz CT molecular complexity index is 507. The second kappa shape index (κ2) is 5.05. The van der Waals surface area contributed by atoms with Gasteiger partial charge in [-0.3, -0.25) is 9.36 Å². The van der Waals surface area contributed by atoms with E-state index in [1.165, 1.54) is 0 Å². The molecule has 1 N–H and O–H groups in total. The van der Waals surface area contributed by atoms with Gasteiger partial charge in [-0.05, 0) is 19.1 Å². The fourth-order valence-electron chi connectivity index (χ4n) is 1.34. The molecule has 0 aliphatic heterocycles. The lowest BCUT2D eigenvalue weighted by molar-refractivity contribution is -0.133. The molecule has 2 aromatic rings. The largest absolute Gasteiger partial charge is 0.481 e. The predicted octanol–water partition coefficient (Wildman–Crippen LogP) is 1.40. The van der Waals surface area contributed by atoms with Crippen molar-refractivity contribution < 1.29 is 14.3 Å². The van der Waals surface area contributed by atoms with Crippen LogP contribution in [-0.2, 0) is 11.3 Å². The van der Waals surface area contributed by atoms with Gasteiger partial charge in [0.05, 0.1) is 18.6 Å². The predicted molar refractivity (Wildman–Crippen MR) is 60.9 cm³/mol. The molecule has 0 aliphatic rings. The lowest BCUT2D eigenvalue weighted by Crippen LogP contribution is -2.05. The van der Waals surface area contributed by atoms with Crippen molar-refractivity contribution in [2.24, 2.45) is 0 Å². The molecule has 0 fully saturated rings. The van der Waals surface area contributed by atoms with E-state index in [1.54, 1.807) is 12.3 Å². The van der Waals surface area contributed by atoms with E-state index in [4.69, 9.17) is 9.52 Å². The summed E-state index contributed by atoms with van der Waals surface area (Å²) in [6, 6.07) is 3.66. The van der Waals surface area contributed by atoms with Gasteiger partial charge in [-0.25, -0.2) is 0 Å². The average Bonchev–Trinajstić information content (AvgIpc) is 2.89. The molecule has 0 saturated carbocycles. The molecule has 2 heterocycles. The summed E-state index contributed by atoms with van der Waals surface area (Å²) >= 11 is 1.15. The summed E-state index contributed by atoms with van der Waals surface area (Å²) in [7, 11) is 0. The maximum Gasteiger partial charge on any atom is 0.313 e. The molecule has 17 heavy (non-hydrogen) atoms. The number of hydrogen-bond acceptors (Lipinski definition) is 5. The Kier molecular flexibility index (Phi) is 3.48.